The van der Waals surface area contributed by atoms with Gasteiger partial charge in [-0.1, -0.05) is 24.3 Å². The maximum absolute atomic E-state index is 10.7. The van der Waals surface area contributed by atoms with Crippen molar-refractivity contribution >= 4 is 5.97 Å². The molecule has 1 aromatic rings. The van der Waals surface area contributed by atoms with Gasteiger partial charge >= 0.3 is 0 Å². The zero-order valence-electron chi connectivity index (χ0n) is 7.64. The summed E-state index contributed by atoms with van der Waals surface area (Å²) in [4.78, 5) is 10.7. The van der Waals surface area contributed by atoms with Crippen LogP contribution >= 0.6 is 0 Å². The van der Waals surface area contributed by atoms with Gasteiger partial charge in [-0.2, -0.15) is 0 Å². The summed E-state index contributed by atoms with van der Waals surface area (Å²) < 4.78 is 0. The molecule has 14 heavy (non-hydrogen) atoms. The number of hydrogen-bond donors (Lipinski definition) is 1. The molecule has 0 unspecified atom stereocenters. The maximum atomic E-state index is 10.7. The molecule has 3 nitrogen and oxygen atoms in total. The van der Waals surface area contributed by atoms with E-state index in [0.717, 1.165) is 11.1 Å². The van der Waals surface area contributed by atoms with E-state index in [0.29, 0.717) is 12.8 Å². The van der Waals surface area contributed by atoms with Crippen LogP contribution in [0.5, 0.6) is 0 Å². The van der Waals surface area contributed by atoms with E-state index in [1.165, 1.54) is 0 Å². The highest BCUT2D eigenvalue weighted by Crippen LogP contribution is 2.33. The van der Waals surface area contributed by atoms with Crippen LogP contribution in [0, 0.1) is 5.92 Å². The highest BCUT2D eigenvalue weighted by Gasteiger charge is 2.28. The van der Waals surface area contributed by atoms with E-state index in [4.69, 9.17) is 0 Å². The summed E-state index contributed by atoms with van der Waals surface area (Å²) in [7, 11) is 0. The van der Waals surface area contributed by atoms with Crippen molar-refractivity contribution in [1.82, 2.24) is 0 Å². The van der Waals surface area contributed by atoms with Crippen molar-refractivity contribution in [2.75, 3.05) is 0 Å². The molecule has 2 rings (SSSR count). The molecular formula is C11H11O3-. The lowest BCUT2D eigenvalue weighted by Crippen LogP contribution is -2.37. The quantitative estimate of drug-likeness (QED) is 0.681. The molecule has 1 aliphatic rings. The third kappa shape index (κ3) is 1.40. The van der Waals surface area contributed by atoms with Gasteiger partial charge in [0, 0.05) is 11.9 Å². The number of benzene rings is 1. The Hall–Kier alpha value is -1.35. The number of hydrogen-bond acceptors (Lipinski definition) is 3. The third-order valence-electron chi connectivity index (χ3n) is 2.78. The Morgan fingerprint density at radius 2 is 2.14 bits per heavy atom. The molecule has 0 heterocycles. The Labute approximate surface area is 82.0 Å². The van der Waals surface area contributed by atoms with Crippen molar-refractivity contribution in [1.29, 1.82) is 0 Å². The minimum Gasteiger partial charge on any atom is -0.550 e. The molecule has 0 saturated heterocycles. The summed E-state index contributed by atoms with van der Waals surface area (Å²) in [6.07, 6.45) is 0.247. The second kappa shape index (κ2) is 3.42. The first-order valence-corrected chi connectivity index (χ1v) is 4.67. The number of rotatable bonds is 1. The van der Waals surface area contributed by atoms with Crippen LogP contribution in [-0.4, -0.2) is 11.1 Å². The molecule has 2 atom stereocenters. The van der Waals surface area contributed by atoms with Crippen molar-refractivity contribution in [3.63, 3.8) is 0 Å². The maximum Gasteiger partial charge on any atom is 0.0873 e. The first-order chi connectivity index (χ1) is 6.70. The SMILES string of the molecule is O=C([O-])[C@@H]1CCc2ccccc2[C@@H]1O. The smallest absolute Gasteiger partial charge is 0.0873 e. The second-order valence-corrected chi connectivity index (χ2v) is 3.61. The predicted octanol–water partition coefficient (Wildman–Crippen LogP) is 0.0323. The molecular weight excluding hydrogens is 180 g/mol. The molecule has 0 spiro atoms. The average Bonchev–Trinajstić information content (AvgIpc) is 2.18. The molecule has 0 aliphatic heterocycles. The van der Waals surface area contributed by atoms with E-state index in [1.54, 1.807) is 12.1 Å². The normalized spacial score (nSPS) is 25.5. The molecule has 1 aliphatic carbocycles. The zero-order valence-corrected chi connectivity index (χ0v) is 7.64. The fraction of sp³-hybridized carbons (Fsp3) is 0.364. The molecule has 1 aromatic carbocycles. The lowest BCUT2D eigenvalue weighted by Gasteiger charge is -2.30. The summed E-state index contributed by atoms with van der Waals surface area (Å²) in [5.74, 6) is -1.92. The van der Waals surface area contributed by atoms with E-state index in [9.17, 15) is 15.0 Å². The van der Waals surface area contributed by atoms with Crippen LogP contribution in [0.2, 0.25) is 0 Å². The first kappa shape index (κ1) is 9.21. The van der Waals surface area contributed by atoms with Crippen molar-refractivity contribution in [2.45, 2.75) is 18.9 Å². The average molecular weight is 191 g/mol. The largest absolute Gasteiger partial charge is 0.550 e. The number of aliphatic hydroxyl groups is 1. The third-order valence-corrected chi connectivity index (χ3v) is 2.78. The molecule has 0 saturated carbocycles. The summed E-state index contributed by atoms with van der Waals surface area (Å²) in [5.41, 5.74) is 1.77. The Bertz CT molecular complexity index is 359. The fourth-order valence-electron chi connectivity index (χ4n) is 1.98. The molecule has 3 heteroatoms. The Balaban J connectivity index is 2.36. The van der Waals surface area contributed by atoms with Gasteiger partial charge in [0.25, 0.3) is 0 Å². The van der Waals surface area contributed by atoms with Gasteiger partial charge in [-0.25, -0.2) is 0 Å². The van der Waals surface area contributed by atoms with Gasteiger partial charge in [0.15, 0.2) is 0 Å². The van der Waals surface area contributed by atoms with Crippen LogP contribution in [0.4, 0.5) is 0 Å². The number of aliphatic hydroxyl groups excluding tert-OH is 1. The molecule has 0 radical (unpaired) electrons. The van der Waals surface area contributed by atoms with Crippen LogP contribution in [0.15, 0.2) is 24.3 Å². The van der Waals surface area contributed by atoms with Gasteiger partial charge in [0.1, 0.15) is 0 Å². The number of aliphatic carboxylic acids is 1. The standard InChI is InChI=1S/C11H12O3/c12-10-8-4-2-1-3-7(8)5-6-9(10)11(13)14/h1-4,9-10,12H,5-6H2,(H,13,14)/p-1/t9-,10+/m1/s1. The van der Waals surface area contributed by atoms with Crippen LogP contribution in [0.3, 0.4) is 0 Å². The van der Waals surface area contributed by atoms with Crippen molar-refractivity contribution in [2.24, 2.45) is 5.92 Å². The number of carboxylic acid groups (broad SMARTS) is 1. The van der Waals surface area contributed by atoms with Crippen LogP contribution in [0.25, 0.3) is 0 Å². The van der Waals surface area contributed by atoms with E-state index in [2.05, 4.69) is 0 Å². The van der Waals surface area contributed by atoms with E-state index < -0.39 is 18.0 Å². The minimum atomic E-state index is -1.16. The Morgan fingerprint density at radius 3 is 2.86 bits per heavy atom. The van der Waals surface area contributed by atoms with E-state index >= 15 is 0 Å². The molecule has 0 aromatic heterocycles. The van der Waals surface area contributed by atoms with Crippen molar-refractivity contribution in [3.8, 4) is 0 Å². The predicted molar refractivity (Wildman–Crippen MR) is 48.2 cm³/mol. The fourth-order valence-corrected chi connectivity index (χ4v) is 1.98. The van der Waals surface area contributed by atoms with Crippen LogP contribution in [0.1, 0.15) is 23.7 Å². The number of carbonyl (C=O) groups is 1. The van der Waals surface area contributed by atoms with E-state index in [1.807, 2.05) is 12.1 Å². The molecule has 0 fully saturated rings. The highest BCUT2D eigenvalue weighted by atomic mass is 16.4. The lowest BCUT2D eigenvalue weighted by atomic mass is 9.81. The lowest BCUT2D eigenvalue weighted by molar-refractivity contribution is -0.315. The summed E-state index contributed by atoms with van der Waals surface area (Å²) in [5, 5.41) is 20.5. The Morgan fingerprint density at radius 1 is 1.43 bits per heavy atom. The molecule has 74 valence electrons. The highest BCUT2D eigenvalue weighted by molar-refractivity contribution is 5.69. The van der Waals surface area contributed by atoms with E-state index in [-0.39, 0.29) is 0 Å². The van der Waals surface area contributed by atoms with Gasteiger partial charge < -0.3 is 15.0 Å². The van der Waals surface area contributed by atoms with Crippen molar-refractivity contribution < 1.29 is 15.0 Å². The second-order valence-electron chi connectivity index (χ2n) is 3.61. The van der Waals surface area contributed by atoms with Crippen LogP contribution < -0.4 is 5.11 Å². The summed E-state index contributed by atoms with van der Waals surface area (Å²) in [6, 6.07) is 7.39. The van der Waals surface area contributed by atoms with Crippen molar-refractivity contribution in [3.05, 3.63) is 35.4 Å². The molecule has 1 N–H and O–H groups in total. The van der Waals surface area contributed by atoms with Gasteiger partial charge in [-0.15, -0.1) is 0 Å². The topological polar surface area (TPSA) is 60.4 Å². The number of carboxylic acids is 1. The first-order valence-electron chi connectivity index (χ1n) is 4.67. The molecule has 0 amide bonds. The van der Waals surface area contributed by atoms with Gasteiger partial charge in [0.05, 0.1) is 6.10 Å². The zero-order chi connectivity index (χ0) is 10.1. The molecule has 0 bridgehead atoms. The van der Waals surface area contributed by atoms with Crippen LogP contribution in [-0.2, 0) is 11.2 Å². The minimum absolute atomic E-state index is 0.459. The summed E-state index contributed by atoms with van der Waals surface area (Å²) in [6.45, 7) is 0. The summed E-state index contributed by atoms with van der Waals surface area (Å²) >= 11 is 0. The number of fused-ring (bicyclic) bond motifs is 1. The monoisotopic (exact) mass is 191 g/mol. The Kier molecular flexibility index (Phi) is 2.25. The number of aryl methyl sites for hydroxylation is 1. The van der Waals surface area contributed by atoms with Gasteiger partial charge in [-0.3, -0.25) is 0 Å². The van der Waals surface area contributed by atoms with Gasteiger partial charge in [0.2, 0.25) is 0 Å². The number of carbonyl (C=O) groups excluding carboxylic acids is 1. The van der Waals surface area contributed by atoms with Gasteiger partial charge in [-0.05, 0) is 24.0 Å².